The average molecular weight is 473 g/mol. The molecule has 0 radical (unpaired) electrons. The molecular weight excluding hydrogens is 450 g/mol. The smallest absolute Gasteiger partial charge is 0.296 e. The molecule has 1 aromatic carbocycles. The number of carbonyl (C=O) groups is 1. The number of nitriles is 1. The van der Waals surface area contributed by atoms with E-state index >= 15 is 0 Å². The summed E-state index contributed by atoms with van der Waals surface area (Å²) >= 11 is 0. The molecule has 3 heterocycles. The minimum atomic E-state index is -0.789. The lowest BCUT2D eigenvalue weighted by atomic mass is 9.80. The summed E-state index contributed by atoms with van der Waals surface area (Å²) in [5.41, 5.74) is 1.98. The highest BCUT2D eigenvalue weighted by molar-refractivity contribution is 6.04. The molecule has 3 aromatic heterocycles. The Morgan fingerprint density at radius 1 is 1.26 bits per heavy atom. The molecule has 11 heteroatoms. The van der Waals surface area contributed by atoms with E-state index in [0.29, 0.717) is 5.56 Å². The van der Waals surface area contributed by atoms with E-state index in [2.05, 4.69) is 26.6 Å². The Morgan fingerprint density at radius 3 is 2.63 bits per heavy atom. The maximum atomic E-state index is 12.9. The lowest BCUT2D eigenvalue weighted by molar-refractivity contribution is 0.101. The zero-order valence-corrected chi connectivity index (χ0v) is 19.6. The fourth-order valence-electron chi connectivity index (χ4n) is 4.31. The van der Waals surface area contributed by atoms with Gasteiger partial charge in [0, 0.05) is 31.6 Å². The van der Waals surface area contributed by atoms with Crippen LogP contribution in [0.1, 0.15) is 57.5 Å². The van der Waals surface area contributed by atoms with Crippen molar-refractivity contribution in [1.29, 1.82) is 5.26 Å². The van der Waals surface area contributed by atoms with Crippen molar-refractivity contribution in [3.8, 4) is 11.8 Å². The van der Waals surface area contributed by atoms with Crippen molar-refractivity contribution < 1.29 is 14.4 Å². The van der Waals surface area contributed by atoms with Gasteiger partial charge in [-0.05, 0) is 24.1 Å². The molecule has 178 valence electrons. The van der Waals surface area contributed by atoms with E-state index in [1.807, 2.05) is 26.0 Å². The quantitative estimate of drug-likeness (QED) is 0.433. The average Bonchev–Trinajstić information content (AvgIpc) is 3.48. The second-order valence-corrected chi connectivity index (χ2v) is 8.20. The molecule has 4 rings (SSSR count). The summed E-state index contributed by atoms with van der Waals surface area (Å²) in [5, 5.41) is 30.6. The maximum absolute atomic E-state index is 12.9. The predicted molar refractivity (Wildman–Crippen MR) is 125 cm³/mol. The number of hydrogen-bond donors (Lipinski definition) is 2. The molecule has 0 aliphatic carbocycles. The zero-order chi connectivity index (χ0) is 25.3. The zero-order valence-electron chi connectivity index (χ0n) is 19.6. The van der Waals surface area contributed by atoms with Gasteiger partial charge >= 0.3 is 0 Å². The van der Waals surface area contributed by atoms with E-state index in [1.165, 1.54) is 24.1 Å². The number of amides is 1. The van der Waals surface area contributed by atoms with E-state index in [9.17, 15) is 20.0 Å². The van der Waals surface area contributed by atoms with Crippen LogP contribution in [0.3, 0.4) is 0 Å². The van der Waals surface area contributed by atoms with Crippen molar-refractivity contribution >= 4 is 11.6 Å². The molecule has 0 aliphatic heterocycles. The second-order valence-electron chi connectivity index (χ2n) is 8.20. The number of nitrogens with one attached hydrogen (secondary N) is 1. The minimum absolute atomic E-state index is 0.248. The van der Waals surface area contributed by atoms with E-state index in [-0.39, 0.29) is 11.5 Å². The van der Waals surface area contributed by atoms with Crippen LogP contribution in [0.25, 0.3) is 0 Å². The van der Waals surface area contributed by atoms with Crippen LogP contribution in [-0.4, -0.2) is 35.5 Å². The van der Waals surface area contributed by atoms with Gasteiger partial charge < -0.3 is 14.9 Å². The molecular formula is C24H23N7O4. The third-order valence-corrected chi connectivity index (χ3v) is 6.00. The summed E-state index contributed by atoms with van der Waals surface area (Å²) in [6.45, 7) is 3.77. The summed E-state index contributed by atoms with van der Waals surface area (Å²) in [4.78, 5) is 30.2. The second kappa shape index (κ2) is 9.26. The Bertz CT molecular complexity index is 1480. The fourth-order valence-corrected chi connectivity index (χ4v) is 4.31. The molecule has 0 spiro atoms. The van der Waals surface area contributed by atoms with Crippen LogP contribution in [-0.2, 0) is 14.1 Å². The fraction of sp³-hybridized carbons (Fsp3) is 0.250. The molecule has 0 fully saturated rings. The summed E-state index contributed by atoms with van der Waals surface area (Å²) in [7, 11) is 3.28. The van der Waals surface area contributed by atoms with E-state index in [0.717, 1.165) is 16.8 Å². The predicted octanol–water partition coefficient (Wildman–Crippen LogP) is 2.58. The number of aromatic nitrogens is 5. The number of hydrogen-bond acceptors (Lipinski definition) is 8. The molecule has 0 bridgehead atoms. The lowest BCUT2D eigenvalue weighted by Gasteiger charge is -2.27. The maximum Gasteiger partial charge on any atom is 0.296 e. The van der Waals surface area contributed by atoms with Crippen LogP contribution in [0.5, 0.6) is 5.75 Å². The molecule has 0 aliphatic rings. The summed E-state index contributed by atoms with van der Waals surface area (Å²) < 4.78 is 7.64. The van der Waals surface area contributed by atoms with Gasteiger partial charge in [0.2, 0.25) is 5.75 Å². The molecule has 35 heavy (non-hydrogen) atoms. The van der Waals surface area contributed by atoms with Crippen LogP contribution < -0.4 is 10.9 Å². The lowest BCUT2D eigenvalue weighted by Crippen LogP contribution is -2.30. The van der Waals surface area contributed by atoms with Crippen LogP contribution in [0.4, 0.5) is 5.69 Å². The van der Waals surface area contributed by atoms with Gasteiger partial charge in [-0.3, -0.25) is 18.8 Å². The minimum Gasteiger partial charge on any atom is -0.501 e. The number of rotatable bonds is 6. The highest BCUT2D eigenvalue weighted by atomic mass is 16.5. The van der Waals surface area contributed by atoms with Gasteiger partial charge in [0.15, 0.2) is 5.69 Å². The van der Waals surface area contributed by atoms with Crippen LogP contribution >= 0.6 is 0 Å². The van der Waals surface area contributed by atoms with Gasteiger partial charge in [0.1, 0.15) is 17.8 Å². The van der Waals surface area contributed by atoms with Crippen molar-refractivity contribution in [1.82, 2.24) is 24.5 Å². The molecule has 4 aromatic rings. The molecule has 2 atom stereocenters. The van der Waals surface area contributed by atoms with Crippen molar-refractivity contribution in [3.05, 3.63) is 87.2 Å². The molecule has 11 nitrogen and oxygen atoms in total. The van der Waals surface area contributed by atoms with Crippen LogP contribution in [0, 0.1) is 18.3 Å². The van der Waals surface area contributed by atoms with Crippen molar-refractivity contribution in [2.45, 2.75) is 25.7 Å². The SMILES string of the molecule is Cc1cnn(C)c1[C@@H](c1ccccc1C#N)[C@@H](C)c1nc(C(=O)Nc2cnoc2)c(O)c(=O)n1C. The molecule has 2 N–H and O–H groups in total. The first-order valence-corrected chi connectivity index (χ1v) is 10.7. The van der Waals surface area contributed by atoms with E-state index < -0.39 is 34.7 Å². The number of aromatic hydroxyl groups is 1. The largest absolute Gasteiger partial charge is 0.501 e. The van der Waals surface area contributed by atoms with Gasteiger partial charge in [0.05, 0.1) is 24.0 Å². The van der Waals surface area contributed by atoms with Gasteiger partial charge in [-0.15, -0.1) is 0 Å². The topological polar surface area (TPSA) is 152 Å². The number of benzene rings is 1. The molecule has 0 unspecified atom stereocenters. The number of nitrogens with zero attached hydrogens (tertiary/aromatic N) is 6. The van der Waals surface area contributed by atoms with Crippen LogP contribution in [0.15, 0.2) is 52.2 Å². The monoisotopic (exact) mass is 473 g/mol. The number of carbonyl (C=O) groups excluding carboxylic acids is 1. The Balaban J connectivity index is 1.90. The summed E-state index contributed by atoms with van der Waals surface area (Å²) in [6.07, 6.45) is 4.21. The first kappa shape index (κ1) is 23.4. The third-order valence-electron chi connectivity index (χ3n) is 6.00. The Labute approximate surface area is 200 Å². The summed E-state index contributed by atoms with van der Waals surface area (Å²) in [6, 6.07) is 9.43. The Hall–Kier alpha value is -4.72. The molecule has 0 saturated carbocycles. The Kier molecular flexibility index (Phi) is 6.20. The van der Waals surface area contributed by atoms with Crippen molar-refractivity contribution in [3.63, 3.8) is 0 Å². The first-order chi connectivity index (χ1) is 16.7. The Morgan fingerprint density at radius 2 is 2.00 bits per heavy atom. The van der Waals surface area contributed by atoms with E-state index in [1.54, 1.807) is 30.1 Å². The van der Waals surface area contributed by atoms with E-state index in [4.69, 9.17) is 4.52 Å². The molecule has 0 saturated heterocycles. The number of aryl methyl sites for hydroxylation is 2. The standard InChI is InChI=1S/C24H23N7O4/c1-13-10-26-31(4)20(13)18(17-8-6-5-7-15(17)9-25)14(2)22-29-19(21(32)24(34)30(22)3)23(33)28-16-11-27-35-12-16/h5-8,10-12,14,18,32H,1-4H3,(H,28,33)/t14-,18-/m1/s1. The normalized spacial score (nSPS) is 12.7. The van der Waals surface area contributed by atoms with Gasteiger partial charge in [0.25, 0.3) is 11.5 Å². The first-order valence-electron chi connectivity index (χ1n) is 10.7. The highest BCUT2D eigenvalue weighted by Crippen LogP contribution is 2.40. The van der Waals surface area contributed by atoms with Gasteiger partial charge in [-0.1, -0.05) is 30.3 Å². The number of anilines is 1. The summed E-state index contributed by atoms with van der Waals surface area (Å²) in [5.74, 6) is -2.25. The van der Waals surface area contributed by atoms with Crippen LogP contribution in [0.2, 0.25) is 0 Å². The highest BCUT2D eigenvalue weighted by Gasteiger charge is 2.33. The third kappa shape index (κ3) is 4.17. The van der Waals surface area contributed by atoms with Gasteiger partial charge in [-0.25, -0.2) is 4.98 Å². The van der Waals surface area contributed by atoms with Gasteiger partial charge in [-0.2, -0.15) is 10.4 Å². The van der Waals surface area contributed by atoms with Crippen molar-refractivity contribution in [2.75, 3.05) is 5.32 Å². The van der Waals surface area contributed by atoms with Crippen molar-refractivity contribution in [2.24, 2.45) is 14.1 Å². The molecule has 1 amide bonds.